The zero-order chi connectivity index (χ0) is 16.2. The second-order valence-corrected chi connectivity index (χ2v) is 6.15. The van der Waals surface area contributed by atoms with E-state index in [1.165, 1.54) is 37.5 Å². The number of phenolic OH excluding ortho intramolecular Hbond substituents is 1. The third kappa shape index (κ3) is 3.62. The second kappa shape index (κ2) is 6.87. The van der Waals surface area contributed by atoms with Gasteiger partial charge < -0.3 is 10.0 Å². The third-order valence-electron chi connectivity index (χ3n) is 4.57. The van der Waals surface area contributed by atoms with Gasteiger partial charge >= 0.3 is 0 Å². The molecule has 1 saturated carbocycles. The molecule has 6 heteroatoms. The second-order valence-electron chi connectivity index (χ2n) is 6.15. The maximum absolute atomic E-state index is 10.8. The predicted molar refractivity (Wildman–Crippen MR) is 86.7 cm³/mol. The minimum atomic E-state index is -0.473. The first-order valence-electron chi connectivity index (χ1n) is 7.59. The van der Waals surface area contributed by atoms with Gasteiger partial charge in [-0.05, 0) is 33.0 Å². The minimum absolute atomic E-state index is 0.0110. The number of hydrogen-bond donors (Lipinski definition) is 1. The van der Waals surface area contributed by atoms with Crippen molar-refractivity contribution < 1.29 is 10.0 Å². The van der Waals surface area contributed by atoms with Crippen molar-refractivity contribution in [3.05, 3.63) is 33.9 Å². The third-order valence-corrected chi connectivity index (χ3v) is 4.57. The normalized spacial score (nSPS) is 18.0. The number of nitro benzene ring substituents is 1. The fraction of sp³-hybridized carbons (Fsp3) is 0.562. The molecule has 0 aromatic heterocycles. The van der Waals surface area contributed by atoms with Crippen LogP contribution in [0.25, 0.3) is 0 Å². The van der Waals surface area contributed by atoms with Crippen LogP contribution in [0.2, 0.25) is 0 Å². The van der Waals surface area contributed by atoms with Gasteiger partial charge in [-0.2, -0.15) is 0 Å². The van der Waals surface area contributed by atoms with E-state index in [0.717, 1.165) is 12.8 Å². The van der Waals surface area contributed by atoms with Gasteiger partial charge in [0.05, 0.1) is 11.5 Å². The number of nitrogens with zero attached hydrogens (tertiary/aromatic N) is 3. The first-order chi connectivity index (χ1) is 10.4. The Kier molecular flexibility index (Phi) is 5.13. The van der Waals surface area contributed by atoms with Gasteiger partial charge in [0.25, 0.3) is 5.69 Å². The smallest absolute Gasteiger partial charge is 0.270 e. The average molecular weight is 305 g/mol. The summed E-state index contributed by atoms with van der Waals surface area (Å²) in [4.78, 5) is 17.0. The number of hydrogen-bond acceptors (Lipinski definition) is 5. The van der Waals surface area contributed by atoms with E-state index in [4.69, 9.17) is 0 Å². The topological polar surface area (TPSA) is 79.0 Å². The number of aliphatic imine (C=N–C) groups is 1. The van der Waals surface area contributed by atoms with E-state index in [0.29, 0.717) is 12.1 Å². The van der Waals surface area contributed by atoms with Crippen LogP contribution in [0.3, 0.4) is 0 Å². The zero-order valence-electron chi connectivity index (χ0n) is 13.2. The molecule has 2 rings (SSSR count). The molecular formula is C16H23N3O3. The predicted octanol–water partition coefficient (Wildman–Crippen LogP) is 2.98. The molecule has 0 bridgehead atoms. The summed E-state index contributed by atoms with van der Waals surface area (Å²) in [5.74, 6) is 0.0110. The molecule has 0 aliphatic heterocycles. The number of non-ortho nitro benzene ring substituents is 1. The highest BCUT2D eigenvalue weighted by Gasteiger charge is 2.33. The number of phenols is 1. The molecule has 22 heavy (non-hydrogen) atoms. The molecule has 1 N–H and O–H groups in total. The van der Waals surface area contributed by atoms with E-state index in [1.54, 1.807) is 6.21 Å². The summed E-state index contributed by atoms with van der Waals surface area (Å²) in [5, 5.41) is 20.6. The summed E-state index contributed by atoms with van der Waals surface area (Å²) in [5.41, 5.74) is 0.406. The van der Waals surface area contributed by atoms with Gasteiger partial charge in [0.1, 0.15) is 5.75 Å². The number of rotatable bonds is 5. The first kappa shape index (κ1) is 16.4. The summed E-state index contributed by atoms with van der Waals surface area (Å²) in [6.07, 6.45) is 7.44. The Morgan fingerprint density at radius 3 is 2.64 bits per heavy atom. The lowest BCUT2D eigenvalue weighted by Crippen LogP contribution is -2.48. The Morgan fingerprint density at radius 2 is 2.05 bits per heavy atom. The van der Waals surface area contributed by atoms with Crippen molar-refractivity contribution >= 4 is 11.9 Å². The maximum atomic E-state index is 10.8. The number of aromatic hydroxyl groups is 1. The molecule has 0 spiro atoms. The maximum Gasteiger partial charge on any atom is 0.270 e. The van der Waals surface area contributed by atoms with Gasteiger partial charge in [0.15, 0.2) is 0 Å². The van der Waals surface area contributed by atoms with Crippen molar-refractivity contribution in [2.45, 2.75) is 37.6 Å². The Morgan fingerprint density at radius 1 is 1.36 bits per heavy atom. The Balaban J connectivity index is 2.14. The monoisotopic (exact) mass is 305 g/mol. The molecule has 1 aliphatic carbocycles. The van der Waals surface area contributed by atoms with Crippen LogP contribution < -0.4 is 0 Å². The molecule has 0 unspecified atom stereocenters. The molecule has 1 aromatic rings. The lowest BCUT2D eigenvalue weighted by molar-refractivity contribution is -0.384. The molecular weight excluding hydrogens is 282 g/mol. The van der Waals surface area contributed by atoms with Gasteiger partial charge in [-0.15, -0.1) is 0 Å². The molecule has 0 saturated heterocycles. The standard InChI is InChI=1S/C16H23N3O3/c1-18(2)16(8-4-3-5-9-16)12-17-11-13-10-14(19(21)22)6-7-15(13)20/h6-7,10-11,20H,3-5,8-9,12H2,1-2H3. The van der Waals surface area contributed by atoms with Gasteiger partial charge in [0, 0.05) is 29.4 Å². The van der Waals surface area contributed by atoms with E-state index in [-0.39, 0.29) is 17.0 Å². The zero-order valence-corrected chi connectivity index (χ0v) is 13.2. The van der Waals surface area contributed by atoms with Crippen LogP contribution in [0, 0.1) is 10.1 Å². The van der Waals surface area contributed by atoms with E-state index in [1.807, 2.05) is 0 Å². The number of benzene rings is 1. The summed E-state index contributed by atoms with van der Waals surface area (Å²) in [6.45, 7) is 0.641. The molecule has 6 nitrogen and oxygen atoms in total. The van der Waals surface area contributed by atoms with Crippen molar-refractivity contribution in [2.24, 2.45) is 4.99 Å². The summed E-state index contributed by atoms with van der Waals surface area (Å²) in [7, 11) is 4.15. The summed E-state index contributed by atoms with van der Waals surface area (Å²) in [6, 6.07) is 3.97. The lowest BCUT2D eigenvalue weighted by Gasteiger charge is -2.41. The largest absolute Gasteiger partial charge is 0.507 e. The number of nitro groups is 1. The van der Waals surface area contributed by atoms with Crippen LogP contribution in [0.4, 0.5) is 5.69 Å². The van der Waals surface area contributed by atoms with E-state index >= 15 is 0 Å². The van der Waals surface area contributed by atoms with E-state index in [9.17, 15) is 15.2 Å². The van der Waals surface area contributed by atoms with Crippen LogP contribution >= 0.6 is 0 Å². The summed E-state index contributed by atoms with van der Waals surface area (Å²) >= 11 is 0. The van der Waals surface area contributed by atoms with E-state index in [2.05, 4.69) is 24.0 Å². The highest BCUT2D eigenvalue weighted by atomic mass is 16.6. The lowest BCUT2D eigenvalue weighted by atomic mass is 9.81. The van der Waals surface area contributed by atoms with Crippen molar-refractivity contribution in [1.29, 1.82) is 0 Å². The number of likely N-dealkylation sites (N-methyl/N-ethyl adjacent to an activating group) is 1. The Hall–Kier alpha value is -1.95. The van der Waals surface area contributed by atoms with Crippen molar-refractivity contribution in [2.75, 3.05) is 20.6 Å². The van der Waals surface area contributed by atoms with Gasteiger partial charge in [0.2, 0.25) is 0 Å². The van der Waals surface area contributed by atoms with Crippen LogP contribution in [0.15, 0.2) is 23.2 Å². The molecule has 1 aliphatic rings. The molecule has 1 aromatic carbocycles. The molecule has 0 heterocycles. The minimum Gasteiger partial charge on any atom is -0.507 e. The van der Waals surface area contributed by atoms with Crippen LogP contribution in [0.1, 0.15) is 37.7 Å². The van der Waals surface area contributed by atoms with Crippen LogP contribution in [0.5, 0.6) is 5.75 Å². The van der Waals surface area contributed by atoms with Crippen LogP contribution in [-0.4, -0.2) is 47.3 Å². The highest BCUT2D eigenvalue weighted by molar-refractivity contribution is 5.84. The van der Waals surface area contributed by atoms with Crippen molar-refractivity contribution in [3.63, 3.8) is 0 Å². The quantitative estimate of drug-likeness (QED) is 0.515. The fourth-order valence-electron chi connectivity index (χ4n) is 3.03. The van der Waals surface area contributed by atoms with Crippen LogP contribution in [-0.2, 0) is 0 Å². The molecule has 0 radical (unpaired) electrons. The van der Waals surface area contributed by atoms with Crippen molar-refractivity contribution in [1.82, 2.24) is 4.90 Å². The molecule has 0 amide bonds. The van der Waals surface area contributed by atoms with Gasteiger partial charge in [-0.1, -0.05) is 19.3 Å². The fourth-order valence-corrected chi connectivity index (χ4v) is 3.03. The summed E-state index contributed by atoms with van der Waals surface area (Å²) < 4.78 is 0. The molecule has 120 valence electrons. The van der Waals surface area contributed by atoms with Gasteiger partial charge in [-0.25, -0.2) is 0 Å². The average Bonchev–Trinajstić information content (AvgIpc) is 2.49. The van der Waals surface area contributed by atoms with E-state index < -0.39 is 4.92 Å². The molecule has 0 atom stereocenters. The highest BCUT2D eigenvalue weighted by Crippen LogP contribution is 2.32. The SMILES string of the molecule is CN(C)C1(CN=Cc2cc([N+](=O)[O-])ccc2O)CCCCC1. The Bertz CT molecular complexity index is 564. The van der Waals surface area contributed by atoms with Gasteiger partial charge in [-0.3, -0.25) is 15.1 Å². The Labute approximate surface area is 130 Å². The van der Waals surface area contributed by atoms with Crippen molar-refractivity contribution in [3.8, 4) is 5.75 Å². The first-order valence-corrected chi connectivity index (χ1v) is 7.59. The molecule has 1 fully saturated rings.